The van der Waals surface area contributed by atoms with E-state index in [-0.39, 0.29) is 0 Å². The summed E-state index contributed by atoms with van der Waals surface area (Å²) in [6.45, 7) is 6.20. The van der Waals surface area contributed by atoms with Crippen LogP contribution in [-0.2, 0) is 0 Å². The third-order valence-corrected chi connectivity index (χ3v) is 3.98. The van der Waals surface area contributed by atoms with Crippen molar-refractivity contribution in [3.8, 4) is 0 Å². The Labute approximate surface area is 152 Å². The van der Waals surface area contributed by atoms with Gasteiger partial charge in [0.15, 0.2) is 0 Å². The van der Waals surface area contributed by atoms with E-state index in [1.54, 1.807) is 17.4 Å². The van der Waals surface area contributed by atoms with E-state index in [2.05, 4.69) is 28.6 Å². The summed E-state index contributed by atoms with van der Waals surface area (Å²) in [5.74, 6) is 0.576. The predicted octanol–water partition coefficient (Wildman–Crippen LogP) is 5.14. The van der Waals surface area contributed by atoms with Gasteiger partial charge in [-0.2, -0.15) is 5.10 Å². The van der Waals surface area contributed by atoms with Gasteiger partial charge in [-0.3, -0.25) is 4.98 Å². The maximum absolute atomic E-state index is 5.99. The van der Waals surface area contributed by atoms with E-state index in [1.807, 2.05) is 48.7 Å². The first-order valence-corrected chi connectivity index (χ1v) is 8.55. The maximum atomic E-state index is 5.99. The lowest BCUT2D eigenvalue weighted by Gasteiger charge is -2.26. The second kappa shape index (κ2) is 7.90. The van der Waals surface area contributed by atoms with Gasteiger partial charge in [0, 0.05) is 34.8 Å². The number of allylic oxidation sites excluding steroid dienone is 1. The van der Waals surface area contributed by atoms with E-state index < -0.39 is 0 Å². The summed E-state index contributed by atoms with van der Waals surface area (Å²) in [5, 5.41) is 7.01. The highest BCUT2D eigenvalue weighted by atomic mass is 35.5. The van der Waals surface area contributed by atoms with Crippen molar-refractivity contribution in [3.63, 3.8) is 0 Å². The first kappa shape index (κ1) is 17.1. The Morgan fingerprint density at radius 2 is 1.84 bits per heavy atom. The quantitative estimate of drug-likeness (QED) is 0.701. The Hall–Kier alpha value is -2.72. The second-order valence-electron chi connectivity index (χ2n) is 5.58. The fourth-order valence-corrected chi connectivity index (χ4v) is 2.57. The van der Waals surface area contributed by atoms with Gasteiger partial charge < -0.3 is 0 Å². The zero-order chi connectivity index (χ0) is 17.6. The molecule has 4 nitrogen and oxygen atoms in total. The van der Waals surface area contributed by atoms with Gasteiger partial charge in [-0.25, -0.2) is 10.0 Å². The average Bonchev–Trinajstić information content (AvgIpc) is 2.64. The summed E-state index contributed by atoms with van der Waals surface area (Å²) in [4.78, 5) is 8.71. The summed E-state index contributed by atoms with van der Waals surface area (Å²) in [5.41, 5.74) is 3.73. The fourth-order valence-electron chi connectivity index (χ4n) is 2.44. The van der Waals surface area contributed by atoms with Crippen LogP contribution in [0.3, 0.4) is 0 Å². The lowest BCUT2D eigenvalue weighted by molar-refractivity contribution is 0.517. The van der Waals surface area contributed by atoms with Crippen LogP contribution in [0.4, 0.5) is 0 Å². The third-order valence-electron chi connectivity index (χ3n) is 3.73. The summed E-state index contributed by atoms with van der Waals surface area (Å²) in [6.07, 6.45) is 9.37. The zero-order valence-electron chi connectivity index (χ0n) is 14.1. The molecule has 0 unspecified atom stereocenters. The van der Waals surface area contributed by atoms with Crippen molar-refractivity contribution >= 4 is 29.2 Å². The smallest absolute Gasteiger partial charge is 0.147 e. The van der Waals surface area contributed by atoms with Gasteiger partial charge >= 0.3 is 0 Å². The standard InChI is InChI=1S/C20H19ClN4/c1-3-4-11-23-25-15(2)24-19(16-5-7-18(21)8-6-16)14-20(25)17-9-12-22-13-10-17/h5-14H,2-4H2,1H3/b23-11-. The highest BCUT2D eigenvalue weighted by Crippen LogP contribution is 2.29. The van der Waals surface area contributed by atoms with Crippen molar-refractivity contribution in [1.82, 2.24) is 9.99 Å². The van der Waals surface area contributed by atoms with E-state index in [0.29, 0.717) is 10.8 Å². The molecular formula is C20H19ClN4. The van der Waals surface area contributed by atoms with Crippen LogP contribution in [0.25, 0.3) is 5.70 Å². The van der Waals surface area contributed by atoms with E-state index in [9.17, 15) is 0 Å². The van der Waals surface area contributed by atoms with E-state index >= 15 is 0 Å². The number of benzene rings is 1. The first-order chi connectivity index (χ1) is 12.2. The zero-order valence-corrected chi connectivity index (χ0v) is 14.8. The molecule has 1 aromatic carbocycles. The summed E-state index contributed by atoms with van der Waals surface area (Å²) < 4.78 is 0. The number of hydrogen-bond acceptors (Lipinski definition) is 4. The Balaban J connectivity index is 2.03. The third kappa shape index (κ3) is 4.03. The van der Waals surface area contributed by atoms with Gasteiger partial charge in [-0.05, 0) is 36.8 Å². The topological polar surface area (TPSA) is 40.9 Å². The number of aromatic nitrogens is 1. The lowest BCUT2D eigenvalue weighted by Crippen LogP contribution is -2.20. The molecule has 0 bridgehead atoms. The van der Waals surface area contributed by atoms with Crippen molar-refractivity contribution in [2.75, 3.05) is 0 Å². The van der Waals surface area contributed by atoms with E-state index in [1.165, 1.54) is 0 Å². The first-order valence-electron chi connectivity index (χ1n) is 8.17. The van der Waals surface area contributed by atoms with Crippen LogP contribution in [-0.4, -0.2) is 21.9 Å². The molecule has 0 saturated heterocycles. The summed E-state index contributed by atoms with van der Waals surface area (Å²) >= 11 is 5.99. The van der Waals surface area contributed by atoms with Crippen LogP contribution >= 0.6 is 11.6 Å². The molecule has 3 rings (SSSR count). The van der Waals surface area contributed by atoms with Crippen LogP contribution < -0.4 is 0 Å². The lowest BCUT2D eigenvalue weighted by atomic mass is 10.0. The molecule has 0 fully saturated rings. The number of unbranched alkanes of at least 4 members (excludes halogenated alkanes) is 1. The molecule has 0 saturated carbocycles. The van der Waals surface area contributed by atoms with Crippen molar-refractivity contribution in [1.29, 1.82) is 0 Å². The minimum atomic E-state index is 0.576. The Morgan fingerprint density at radius 1 is 1.12 bits per heavy atom. The number of pyridine rings is 1. The number of halogens is 1. The van der Waals surface area contributed by atoms with Crippen LogP contribution in [0.15, 0.2) is 77.4 Å². The molecule has 1 aliphatic rings. The summed E-state index contributed by atoms with van der Waals surface area (Å²) in [6, 6.07) is 11.5. The largest absolute Gasteiger partial charge is 0.265 e. The highest BCUT2D eigenvalue weighted by molar-refractivity contribution is 6.30. The molecule has 0 amide bonds. The van der Waals surface area contributed by atoms with Crippen molar-refractivity contribution in [2.24, 2.45) is 10.1 Å². The van der Waals surface area contributed by atoms with Crippen molar-refractivity contribution in [2.45, 2.75) is 19.8 Å². The van der Waals surface area contributed by atoms with Gasteiger partial charge in [-0.1, -0.05) is 43.7 Å². The Kier molecular flexibility index (Phi) is 5.41. The SMILES string of the molecule is C=C1N=C(c2ccc(Cl)cc2)C=C(c2ccncc2)N1/N=C\CCC. The fraction of sp³-hybridized carbons (Fsp3) is 0.150. The van der Waals surface area contributed by atoms with Gasteiger partial charge in [-0.15, -0.1) is 0 Å². The molecule has 2 aromatic rings. The molecule has 5 heteroatoms. The molecule has 126 valence electrons. The number of aliphatic imine (C=N–C) groups is 1. The molecule has 0 N–H and O–H groups in total. The van der Waals surface area contributed by atoms with Crippen molar-refractivity contribution < 1.29 is 0 Å². The normalized spacial score (nSPS) is 14.6. The second-order valence-corrected chi connectivity index (χ2v) is 6.02. The molecule has 1 aliphatic heterocycles. The van der Waals surface area contributed by atoms with Crippen molar-refractivity contribution in [3.05, 3.63) is 83.4 Å². The minimum Gasteiger partial charge on any atom is -0.265 e. The number of rotatable bonds is 5. The predicted molar refractivity (Wildman–Crippen MR) is 105 cm³/mol. The van der Waals surface area contributed by atoms with Crippen LogP contribution in [0.1, 0.15) is 30.9 Å². The van der Waals surface area contributed by atoms with Gasteiger partial charge in [0.2, 0.25) is 0 Å². The molecule has 2 heterocycles. The Bertz CT molecular complexity index is 836. The molecule has 0 aliphatic carbocycles. The van der Waals surface area contributed by atoms with Gasteiger partial charge in [0.25, 0.3) is 0 Å². The number of hydrazone groups is 1. The summed E-state index contributed by atoms with van der Waals surface area (Å²) in [7, 11) is 0. The molecule has 1 aromatic heterocycles. The highest BCUT2D eigenvalue weighted by Gasteiger charge is 2.20. The Morgan fingerprint density at radius 3 is 2.52 bits per heavy atom. The monoisotopic (exact) mass is 350 g/mol. The van der Waals surface area contributed by atoms with Gasteiger partial charge in [0.05, 0.1) is 11.4 Å². The molecule has 0 atom stereocenters. The molecule has 0 spiro atoms. The van der Waals surface area contributed by atoms with E-state index in [0.717, 1.165) is 35.4 Å². The number of hydrogen-bond donors (Lipinski definition) is 0. The molecular weight excluding hydrogens is 332 g/mol. The van der Waals surface area contributed by atoms with Crippen LogP contribution in [0.5, 0.6) is 0 Å². The molecule has 0 radical (unpaired) electrons. The maximum Gasteiger partial charge on any atom is 0.147 e. The minimum absolute atomic E-state index is 0.576. The van der Waals surface area contributed by atoms with Crippen LogP contribution in [0, 0.1) is 0 Å². The molecule has 25 heavy (non-hydrogen) atoms. The van der Waals surface area contributed by atoms with Crippen LogP contribution in [0.2, 0.25) is 5.02 Å². The van der Waals surface area contributed by atoms with E-state index in [4.69, 9.17) is 11.6 Å². The van der Waals surface area contributed by atoms with Gasteiger partial charge in [0.1, 0.15) is 5.82 Å². The number of nitrogens with zero attached hydrogens (tertiary/aromatic N) is 4. The average molecular weight is 351 g/mol.